The number of thiophene rings is 1. The number of rotatable bonds is 9. The number of anilines is 1. The highest BCUT2D eigenvalue weighted by Crippen LogP contribution is 2.30. The molecular formula is C22H20N4O6S. The molecule has 1 aromatic carbocycles. The number of nitrogens with zero attached hydrogens (tertiary/aromatic N) is 2. The molecule has 11 heteroatoms. The Kier molecular flexibility index (Phi) is 6.61. The molecule has 0 bridgehead atoms. The maximum absolute atomic E-state index is 12.8. The first-order chi connectivity index (χ1) is 15.9. The van der Waals surface area contributed by atoms with Gasteiger partial charge in [-0.25, -0.2) is 4.79 Å². The van der Waals surface area contributed by atoms with Crippen LogP contribution in [0.1, 0.15) is 23.5 Å². The van der Waals surface area contributed by atoms with E-state index < -0.39 is 23.1 Å². The molecular weight excluding hydrogens is 448 g/mol. The number of ether oxygens (including phenoxy) is 1. The lowest BCUT2D eigenvalue weighted by molar-refractivity contribution is -0.766. The van der Waals surface area contributed by atoms with Crippen LogP contribution in [0.5, 0.6) is 0 Å². The lowest BCUT2D eigenvalue weighted by atomic mass is 9.96. The SMILES string of the molecule is NCC(C(=O)Nc1cc2ccncc2s1)c1ccc(COC(=O)C2=CC(O[N+](=O)[O-])C2)cc1. The summed E-state index contributed by atoms with van der Waals surface area (Å²) in [4.78, 5) is 43.5. The number of esters is 1. The van der Waals surface area contributed by atoms with E-state index in [-0.39, 0.29) is 25.5 Å². The second-order valence-electron chi connectivity index (χ2n) is 7.38. The smallest absolute Gasteiger partial charge is 0.334 e. The number of carbonyl (C=O) groups is 2. The summed E-state index contributed by atoms with van der Waals surface area (Å²) in [5.74, 6) is -1.29. The lowest BCUT2D eigenvalue weighted by Crippen LogP contribution is -2.27. The van der Waals surface area contributed by atoms with Crippen LogP contribution in [0.2, 0.25) is 0 Å². The van der Waals surface area contributed by atoms with Crippen LogP contribution in [0, 0.1) is 10.1 Å². The molecule has 0 aliphatic heterocycles. The minimum atomic E-state index is -0.889. The van der Waals surface area contributed by atoms with E-state index in [1.807, 2.05) is 12.1 Å². The van der Waals surface area contributed by atoms with E-state index in [4.69, 9.17) is 10.5 Å². The minimum absolute atomic E-state index is 0.0342. The van der Waals surface area contributed by atoms with Crippen molar-refractivity contribution in [2.75, 3.05) is 11.9 Å². The summed E-state index contributed by atoms with van der Waals surface area (Å²) in [5, 5.41) is 14.0. The van der Waals surface area contributed by atoms with Crippen molar-refractivity contribution in [3.05, 3.63) is 81.7 Å². The van der Waals surface area contributed by atoms with Gasteiger partial charge in [-0.2, -0.15) is 0 Å². The third kappa shape index (κ3) is 5.33. The maximum Gasteiger partial charge on any atom is 0.334 e. The summed E-state index contributed by atoms with van der Waals surface area (Å²) >= 11 is 1.44. The number of benzene rings is 1. The molecule has 0 fully saturated rings. The molecule has 0 saturated carbocycles. The van der Waals surface area contributed by atoms with Gasteiger partial charge < -0.3 is 20.6 Å². The van der Waals surface area contributed by atoms with Crippen molar-refractivity contribution in [1.82, 2.24) is 4.98 Å². The standard InChI is InChI=1S/C22H20N4O6S/c23-10-18(21(27)25-20-9-15-5-6-24-11-19(15)33-20)14-3-1-13(2-4-14)12-31-22(28)16-7-17(8-16)32-26(29)30/h1-7,9,11,17-18H,8,10,12,23H2,(H,25,27). The van der Waals surface area contributed by atoms with Gasteiger partial charge in [0, 0.05) is 30.9 Å². The molecule has 170 valence electrons. The van der Waals surface area contributed by atoms with Gasteiger partial charge in [0.2, 0.25) is 5.91 Å². The minimum Gasteiger partial charge on any atom is -0.457 e. The number of nitrogens with one attached hydrogen (secondary N) is 1. The highest BCUT2D eigenvalue weighted by molar-refractivity contribution is 7.22. The monoisotopic (exact) mass is 468 g/mol. The predicted octanol–water partition coefficient (Wildman–Crippen LogP) is 2.93. The average Bonchev–Trinajstić information content (AvgIpc) is 3.17. The van der Waals surface area contributed by atoms with Crippen LogP contribution in [0.3, 0.4) is 0 Å². The van der Waals surface area contributed by atoms with Crippen molar-refractivity contribution < 1.29 is 24.3 Å². The van der Waals surface area contributed by atoms with E-state index in [1.165, 1.54) is 17.4 Å². The molecule has 2 heterocycles. The number of hydrogen-bond donors (Lipinski definition) is 2. The zero-order valence-corrected chi connectivity index (χ0v) is 18.1. The van der Waals surface area contributed by atoms with E-state index in [1.54, 1.807) is 36.7 Å². The van der Waals surface area contributed by atoms with Crippen molar-refractivity contribution in [1.29, 1.82) is 0 Å². The van der Waals surface area contributed by atoms with E-state index in [0.29, 0.717) is 5.57 Å². The van der Waals surface area contributed by atoms with Gasteiger partial charge >= 0.3 is 5.97 Å². The summed E-state index contributed by atoms with van der Waals surface area (Å²) < 4.78 is 6.21. The van der Waals surface area contributed by atoms with E-state index in [2.05, 4.69) is 15.1 Å². The van der Waals surface area contributed by atoms with Crippen LogP contribution in [0.15, 0.2) is 60.4 Å². The molecule has 3 N–H and O–H groups in total. The normalized spacial score (nSPS) is 15.8. The summed E-state index contributed by atoms with van der Waals surface area (Å²) in [7, 11) is 0. The van der Waals surface area contributed by atoms with E-state index in [0.717, 1.165) is 26.2 Å². The second kappa shape index (κ2) is 9.76. The molecule has 0 radical (unpaired) electrons. The Morgan fingerprint density at radius 3 is 2.73 bits per heavy atom. The number of amides is 1. The Morgan fingerprint density at radius 1 is 1.30 bits per heavy atom. The van der Waals surface area contributed by atoms with Crippen molar-refractivity contribution >= 4 is 38.3 Å². The van der Waals surface area contributed by atoms with Crippen molar-refractivity contribution in [2.24, 2.45) is 5.73 Å². The highest BCUT2D eigenvalue weighted by atomic mass is 32.1. The second-order valence-corrected chi connectivity index (χ2v) is 8.47. The Balaban J connectivity index is 1.32. The van der Waals surface area contributed by atoms with Crippen LogP contribution >= 0.6 is 11.3 Å². The summed E-state index contributed by atoms with van der Waals surface area (Å²) in [6.45, 7) is 0.167. The molecule has 0 saturated heterocycles. The fourth-order valence-corrected chi connectivity index (χ4v) is 4.31. The number of pyridine rings is 1. The van der Waals surface area contributed by atoms with Gasteiger partial charge in [-0.1, -0.05) is 24.3 Å². The Labute approximate surface area is 192 Å². The van der Waals surface area contributed by atoms with Gasteiger partial charge in [0.15, 0.2) is 0 Å². The predicted molar refractivity (Wildman–Crippen MR) is 121 cm³/mol. The fraction of sp³-hybridized carbons (Fsp3) is 0.227. The molecule has 10 nitrogen and oxygen atoms in total. The molecule has 2 unspecified atom stereocenters. The molecule has 4 rings (SSSR count). The lowest BCUT2D eigenvalue weighted by Gasteiger charge is -2.21. The number of hydrogen-bond acceptors (Lipinski definition) is 9. The number of nitrogens with two attached hydrogens (primary N) is 1. The molecule has 1 amide bonds. The van der Waals surface area contributed by atoms with E-state index >= 15 is 0 Å². The third-order valence-electron chi connectivity index (χ3n) is 5.17. The van der Waals surface area contributed by atoms with Crippen molar-refractivity contribution in [2.45, 2.75) is 25.0 Å². The van der Waals surface area contributed by atoms with Crippen LogP contribution in [-0.4, -0.2) is 34.6 Å². The van der Waals surface area contributed by atoms with Crippen LogP contribution in [0.4, 0.5) is 5.00 Å². The summed E-state index contributed by atoms with van der Waals surface area (Å²) in [6, 6.07) is 10.9. The van der Waals surface area contributed by atoms with Crippen LogP contribution in [0.25, 0.3) is 10.1 Å². The van der Waals surface area contributed by atoms with E-state index in [9.17, 15) is 19.7 Å². The van der Waals surface area contributed by atoms with Crippen molar-refractivity contribution in [3.63, 3.8) is 0 Å². The molecule has 2 atom stereocenters. The number of carbonyl (C=O) groups excluding carboxylic acids is 2. The third-order valence-corrected chi connectivity index (χ3v) is 6.17. The zero-order valence-electron chi connectivity index (χ0n) is 17.3. The fourth-order valence-electron chi connectivity index (χ4n) is 3.37. The summed E-state index contributed by atoms with van der Waals surface area (Å²) in [6.07, 6.45) is 4.26. The number of fused-ring (bicyclic) bond motifs is 1. The highest BCUT2D eigenvalue weighted by Gasteiger charge is 2.28. The van der Waals surface area contributed by atoms with Gasteiger partial charge in [0.05, 0.1) is 15.6 Å². The molecule has 0 spiro atoms. The van der Waals surface area contributed by atoms with Gasteiger partial charge in [-0.05, 0) is 34.7 Å². The maximum atomic E-state index is 12.8. The van der Waals surface area contributed by atoms with Crippen molar-refractivity contribution in [3.8, 4) is 0 Å². The van der Waals surface area contributed by atoms with Gasteiger partial charge in [-0.3, -0.25) is 9.78 Å². The Morgan fingerprint density at radius 2 is 2.06 bits per heavy atom. The molecule has 33 heavy (non-hydrogen) atoms. The Bertz CT molecular complexity index is 1190. The molecule has 1 aliphatic carbocycles. The summed E-state index contributed by atoms with van der Waals surface area (Å²) in [5.41, 5.74) is 7.69. The molecule has 1 aliphatic rings. The van der Waals surface area contributed by atoms with Crippen LogP contribution < -0.4 is 11.1 Å². The zero-order chi connectivity index (χ0) is 23.4. The van der Waals surface area contributed by atoms with Crippen LogP contribution in [-0.2, 0) is 25.8 Å². The first-order valence-corrected chi connectivity index (χ1v) is 10.9. The molecule has 2 aromatic heterocycles. The topological polar surface area (TPSA) is 147 Å². The first kappa shape index (κ1) is 22.4. The first-order valence-electron chi connectivity index (χ1n) is 10.0. The Hall–Kier alpha value is -3.83. The molecule has 3 aromatic rings. The number of aromatic nitrogens is 1. The average molecular weight is 468 g/mol. The van der Waals surface area contributed by atoms with Gasteiger partial charge in [0.1, 0.15) is 12.7 Å². The van der Waals surface area contributed by atoms with Gasteiger partial charge in [-0.15, -0.1) is 21.5 Å². The largest absolute Gasteiger partial charge is 0.457 e. The quantitative estimate of drug-likeness (QED) is 0.277. The van der Waals surface area contributed by atoms with Gasteiger partial charge in [0.25, 0.3) is 5.09 Å².